The summed E-state index contributed by atoms with van der Waals surface area (Å²) in [6.07, 6.45) is 7.26. The summed E-state index contributed by atoms with van der Waals surface area (Å²) in [4.78, 5) is 24.3. The fraction of sp³-hybridized carbons (Fsp3) is 0.750. The highest BCUT2D eigenvalue weighted by Gasteiger charge is 2.47. The highest BCUT2D eigenvalue weighted by atomic mass is 28.4. The van der Waals surface area contributed by atoms with Crippen LogP contribution in [0.1, 0.15) is 73.6 Å². The molecular formula is C24H42O4Si. The smallest absolute Gasteiger partial charge is 0.306 e. The molecule has 0 bridgehead atoms. The Morgan fingerprint density at radius 3 is 2.41 bits per heavy atom. The summed E-state index contributed by atoms with van der Waals surface area (Å²) in [5.41, 5.74) is 1.04. The first-order chi connectivity index (χ1) is 13.3. The van der Waals surface area contributed by atoms with Crippen LogP contribution in [0.2, 0.25) is 18.1 Å². The van der Waals surface area contributed by atoms with Crippen LogP contribution >= 0.6 is 0 Å². The number of Topliss-reactive ketones (excluding diaryl/α,β-unsaturated/α-hetero) is 1. The molecule has 5 heteroatoms. The molecule has 0 radical (unpaired) electrons. The summed E-state index contributed by atoms with van der Waals surface area (Å²) in [5.74, 6) is 0.172. The second-order valence-corrected chi connectivity index (χ2v) is 15.0. The lowest BCUT2D eigenvalue weighted by molar-refractivity contribution is -0.147. The van der Waals surface area contributed by atoms with Crippen molar-refractivity contribution >= 4 is 20.1 Å². The third-order valence-corrected chi connectivity index (χ3v) is 10.7. The maximum Gasteiger partial charge on any atom is 0.306 e. The number of ether oxygens (including phenoxy) is 1. The summed E-state index contributed by atoms with van der Waals surface area (Å²) in [6, 6.07) is 0. The molecule has 0 unspecified atom stereocenters. The van der Waals surface area contributed by atoms with Gasteiger partial charge in [-0.25, -0.2) is 0 Å². The molecule has 3 atom stereocenters. The van der Waals surface area contributed by atoms with E-state index >= 15 is 0 Å². The maximum atomic E-state index is 12.7. The van der Waals surface area contributed by atoms with Gasteiger partial charge in [0.2, 0.25) is 0 Å². The van der Waals surface area contributed by atoms with Crippen LogP contribution < -0.4 is 0 Å². The lowest BCUT2D eigenvalue weighted by atomic mass is 9.86. The number of hydrogen-bond acceptors (Lipinski definition) is 4. The van der Waals surface area contributed by atoms with Crippen molar-refractivity contribution < 1.29 is 18.8 Å². The highest BCUT2D eigenvalue weighted by Crippen LogP contribution is 2.44. The van der Waals surface area contributed by atoms with Crippen LogP contribution in [0, 0.1) is 11.8 Å². The molecule has 1 saturated carbocycles. The Morgan fingerprint density at radius 1 is 1.28 bits per heavy atom. The van der Waals surface area contributed by atoms with Gasteiger partial charge in [0.1, 0.15) is 5.78 Å². The largest absolute Gasteiger partial charge is 0.463 e. The van der Waals surface area contributed by atoms with E-state index in [1.54, 1.807) is 0 Å². The summed E-state index contributed by atoms with van der Waals surface area (Å²) >= 11 is 0. The van der Waals surface area contributed by atoms with E-state index in [0.29, 0.717) is 19.3 Å². The zero-order chi connectivity index (χ0) is 22.4. The molecule has 0 aromatic rings. The fourth-order valence-electron chi connectivity index (χ4n) is 3.59. The van der Waals surface area contributed by atoms with Crippen LogP contribution in [0.15, 0.2) is 24.3 Å². The van der Waals surface area contributed by atoms with Crippen LogP contribution in [0.3, 0.4) is 0 Å². The van der Waals surface area contributed by atoms with Crippen molar-refractivity contribution in [3.63, 3.8) is 0 Å². The molecule has 0 aromatic heterocycles. The van der Waals surface area contributed by atoms with Crippen LogP contribution in [-0.2, 0) is 18.8 Å². The predicted octanol–water partition coefficient (Wildman–Crippen LogP) is 6.23. The van der Waals surface area contributed by atoms with Crippen LogP contribution in [0.4, 0.5) is 0 Å². The van der Waals surface area contributed by atoms with E-state index in [1.165, 1.54) is 0 Å². The van der Waals surface area contributed by atoms with Crippen molar-refractivity contribution in [1.29, 1.82) is 0 Å². The van der Waals surface area contributed by atoms with E-state index in [9.17, 15) is 9.59 Å². The first-order valence-corrected chi connectivity index (χ1v) is 13.9. The average Bonchev–Trinajstić information content (AvgIpc) is 2.83. The Kier molecular flexibility index (Phi) is 9.54. The standard InChI is InChI=1S/C24H42O4Si/c1-17(2)23-19(14-12-10-11-13-15-22(26)27-18(3)4)20(25)16-21(23)28-29(8,9)24(5,6)7/h10,12,18-19,21,23H,1,11,13-16H2,2-9H3/b12-10+/t19-,21+,23+/m0/s1. The SMILES string of the molecule is C=C(C)[C@H]1[C@H](O[Si](C)(C)C(C)(C)C)CC(=O)[C@@H]1C/C=C/CCCC(=O)OC(C)C. The van der Waals surface area contributed by atoms with Gasteiger partial charge >= 0.3 is 5.97 Å². The molecule has 0 N–H and O–H groups in total. The molecule has 0 aromatic carbocycles. The Hall–Kier alpha value is -1.20. The van der Waals surface area contributed by atoms with E-state index in [-0.39, 0.29) is 40.8 Å². The molecule has 0 heterocycles. The van der Waals surface area contributed by atoms with E-state index in [2.05, 4.69) is 52.6 Å². The quantitative estimate of drug-likeness (QED) is 0.181. The zero-order valence-corrected chi connectivity index (χ0v) is 20.8. The first kappa shape index (κ1) is 25.8. The monoisotopic (exact) mass is 422 g/mol. The van der Waals surface area contributed by atoms with Gasteiger partial charge < -0.3 is 9.16 Å². The molecule has 1 aliphatic carbocycles. The number of esters is 1. The minimum absolute atomic E-state index is 0.0508. The van der Waals surface area contributed by atoms with Gasteiger partial charge in [-0.3, -0.25) is 9.59 Å². The van der Waals surface area contributed by atoms with Crippen molar-refractivity contribution in [3.8, 4) is 0 Å². The molecule has 1 fully saturated rings. The predicted molar refractivity (Wildman–Crippen MR) is 122 cm³/mol. The number of ketones is 1. The fourth-order valence-corrected chi connectivity index (χ4v) is 4.93. The highest BCUT2D eigenvalue weighted by molar-refractivity contribution is 6.74. The van der Waals surface area contributed by atoms with Gasteiger partial charge in [-0.05, 0) is 58.2 Å². The van der Waals surface area contributed by atoms with Crippen molar-refractivity contribution in [2.45, 2.75) is 104 Å². The molecule has 0 amide bonds. The zero-order valence-electron chi connectivity index (χ0n) is 19.8. The van der Waals surface area contributed by atoms with Crippen LogP contribution in [0.5, 0.6) is 0 Å². The maximum absolute atomic E-state index is 12.7. The Morgan fingerprint density at radius 2 is 1.90 bits per heavy atom. The van der Waals surface area contributed by atoms with Crippen molar-refractivity contribution in [1.82, 2.24) is 0 Å². The third-order valence-electron chi connectivity index (χ3n) is 6.15. The second-order valence-electron chi connectivity index (χ2n) is 10.2. The van der Waals surface area contributed by atoms with Gasteiger partial charge in [0.15, 0.2) is 8.32 Å². The Balaban J connectivity index is 2.64. The van der Waals surface area contributed by atoms with Gasteiger partial charge in [-0.1, -0.05) is 45.1 Å². The lowest BCUT2D eigenvalue weighted by Gasteiger charge is -2.40. The summed E-state index contributed by atoms with van der Waals surface area (Å²) in [7, 11) is -1.94. The summed E-state index contributed by atoms with van der Waals surface area (Å²) < 4.78 is 11.8. The third kappa shape index (κ3) is 7.86. The normalized spacial score (nSPS) is 23.2. The number of unbranched alkanes of at least 4 members (excludes halogenated alkanes) is 1. The summed E-state index contributed by atoms with van der Waals surface area (Å²) in [6.45, 7) is 21.1. The molecule has 29 heavy (non-hydrogen) atoms. The minimum atomic E-state index is -1.94. The molecule has 166 valence electrons. The minimum Gasteiger partial charge on any atom is -0.463 e. The van der Waals surface area contributed by atoms with E-state index in [1.807, 2.05) is 20.8 Å². The van der Waals surface area contributed by atoms with E-state index < -0.39 is 8.32 Å². The van der Waals surface area contributed by atoms with Gasteiger partial charge in [0, 0.05) is 24.7 Å². The van der Waals surface area contributed by atoms with E-state index in [0.717, 1.165) is 18.4 Å². The first-order valence-electron chi connectivity index (χ1n) is 11.0. The van der Waals surface area contributed by atoms with Gasteiger partial charge in [0.25, 0.3) is 0 Å². The lowest BCUT2D eigenvalue weighted by Crippen LogP contribution is -2.45. The second kappa shape index (κ2) is 10.7. The molecule has 0 spiro atoms. The molecule has 0 saturated heterocycles. The van der Waals surface area contributed by atoms with Crippen molar-refractivity contribution in [2.75, 3.05) is 0 Å². The molecule has 0 aliphatic heterocycles. The molecular weight excluding hydrogens is 380 g/mol. The topological polar surface area (TPSA) is 52.6 Å². The average molecular weight is 423 g/mol. The van der Waals surface area contributed by atoms with Gasteiger partial charge in [-0.2, -0.15) is 0 Å². The molecule has 1 aliphatic rings. The van der Waals surface area contributed by atoms with Crippen LogP contribution in [-0.4, -0.2) is 32.3 Å². The number of carbonyl (C=O) groups is 2. The number of allylic oxidation sites excluding steroid dienone is 2. The van der Waals surface area contributed by atoms with Gasteiger partial charge in [0.05, 0.1) is 12.2 Å². The van der Waals surface area contributed by atoms with Crippen molar-refractivity contribution in [3.05, 3.63) is 24.3 Å². The van der Waals surface area contributed by atoms with E-state index in [4.69, 9.17) is 9.16 Å². The number of rotatable bonds is 10. The van der Waals surface area contributed by atoms with Crippen molar-refractivity contribution in [2.24, 2.45) is 11.8 Å². The Bertz CT molecular complexity index is 613. The molecule has 1 rings (SSSR count). The van der Waals surface area contributed by atoms with Gasteiger partial charge in [-0.15, -0.1) is 0 Å². The number of hydrogen-bond donors (Lipinski definition) is 0. The summed E-state index contributed by atoms with van der Waals surface area (Å²) in [5, 5.41) is 0.115. The number of carbonyl (C=O) groups excluding carboxylic acids is 2. The molecule has 4 nitrogen and oxygen atoms in total. The van der Waals surface area contributed by atoms with Crippen LogP contribution in [0.25, 0.3) is 0 Å². The Labute approximate surface area is 179 Å².